The van der Waals surface area contributed by atoms with Gasteiger partial charge in [0.15, 0.2) is 0 Å². The van der Waals surface area contributed by atoms with Crippen LogP contribution in [-0.2, 0) is 11.2 Å². The zero-order valence-electron chi connectivity index (χ0n) is 10.9. The van der Waals surface area contributed by atoms with Gasteiger partial charge in [-0.1, -0.05) is 30.3 Å². The molecule has 0 saturated carbocycles. The second-order valence-electron chi connectivity index (χ2n) is 5.27. The molecule has 0 radical (unpaired) electrons. The van der Waals surface area contributed by atoms with Crippen LogP contribution in [0.25, 0.3) is 11.1 Å². The highest BCUT2D eigenvalue weighted by molar-refractivity contribution is 5.78. The van der Waals surface area contributed by atoms with Crippen LogP contribution in [-0.4, -0.2) is 26.3 Å². The molecule has 0 N–H and O–H groups in total. The van der Waals surface area contributed by atoms with Crippen molar-refractivity contribution in [1.82, 2.24) is 0 Å². The third-order valence-electron chi connectivity index (χ3n) is 4.15. The first-order chi connectivity index (χ1) is 9.42. The maximum Gasteiger partial charge on any atom is 0.0642 e. The molecule has 19 heavy (non-hydrogen) atoms. The molecule has 0 aromatic heterocycles. The van der Waals surface area contributed by atoms with Gasteiger partial charge in [-0.3, -0.25) is 0 Å². The number of benzene rings is 2. The van der Waals surface area contributed by atoms with E-state index in [1.807, 2.05) is 0 Å². The summed E-state index contributed by atoms with van der Waals surface area (Å²) < 4.78 is 5.42. The van der Waals surface area contributed by atoms with Gasteiger partial charge in [0.25, 0.3) is 0 Å². The lowest BCUT2D eigenvalue weighted by atomic mass is 10.1. The molecule has 1 saturated heterocycles. The molecule has 1 aliphatic heterocycles. The molecular formula is C17H17NO. The van der Waals surface area contributed by atoms with Crippen LogP contribution in [0.15, 0.2) is 42.5 Å². The Labute approximate surface area is 113 Å². The van der Waals surface area contributed by atoms with E-state index in [1.54, 1.807) is 0 Å². The van der Waals surface area contributed by atoms with Gasteiger partial charge < -0.3 is 9.64 Å². The topological polar surface area (TPSA) is 12.5 Å². The molecule has 96 valence electrons. The lowest BCUT2D eigenvalue weighted by molar-refractivity contribution is 0.122. The van der Waals surface area contributed by atoms with E-state index in [0.29, 0.717) is 0 Å². The van der Waals surface area contributed by atoms with E-state index in [2.05, 4.69) is 47.4 Å². The molecule has 0 spiro atoms. The van der Waals surface area contributed by atoms with Crippen molar-refractivity contribution in [2.45, 2.75) is 6.42 Å². The number of fused-ring (bicyclic) bond motifs is 3. The summed E-state index contributed by atoms with van der Waals surface area (Å²) in [6.45, 7) is 3.70. The van der Waals surface area contributed by atoms with Crippen molar-refractivity contribution in [3.63, 3.8) is 0 Å². The number of anilines is 1. The summed E-state index contributed by atoms with van der Waals surface area (Å²) in [5, 5.41) is 0. The zero-order valence-corrected chi connectivity index (χ0v) is 10.9. The fraction of sp³-hybridized carbons (Fsp3) is 0.294. The Kier molecular flexibility index (Phi) is 2.56. The Hall–Kier alpha value is -1.80. The summed E-state index contributed by atoms with van der Waals surface area (Å²) in [5.41, 5.74) is 7.08. The van der Waals surface area contributed by atoms with Gasteiger partial charge >= 0.3 is 0 Å². The summed E-state index contributed by atoms with van der Waals surface area (Å²) in [6.07, 6.45) is 1.07. The minimum atomic E-state index is 0.845. The lowest BCUT2D eigenvalue weighted by Crippen LogP contribution is -2.36. The quantitative estimate of drug-likeness (QED) is 0.659. The lowest BCUT2D eigenvalue weighted by Gasteiger charge is -2.29. The highest BCUT2D eigenvalue weighted by Gasteiger charge is 2.19. The standard InChI is InChI=1S/C17H17NO/c1-2-4-16-13(3-1)11-14-12-15(5-6-17(14)16)18-7-9-19-10-8-18/h1-6,12H,7-11H2. The van der Waals surface area contributed by atoms with Crippen LogP contribution >= 0.6 is 0 Å². The first kappa shape index (κ1) is 11.1. The zero-order chi connectivity index (χ0) is 12.7. The average molecular weight is 251 g/mol. The van der Waals surface area contributed by atoms with Crippen LogP contribution in [0.4, 0.5) is 5.69 Å². The Morgan fingerprint density at radius 3 is 2.53 bits per heavy atom. The monoisotopic (exact) mass is 251 g/mol. The number of hydrogen-bond acceptors (Lipinski definition) is 2. The van der Waals surface area contributed by atoms with Crippen LogP contribution < -0.4 is 4.90 Å². The molecule has 2 aromatic rings. The van der Waals surface area contributed by atoms with Gasteiger partial charge in [-0.05, 0) is 40.8 Å². The van der Waals surface area contributed by atoms with Gasteiger partial charge in [-0.25, -0.2) is 0 Å². The second-order valence-corrected chi connectivity index (χ2v) is 5.27. The minimum absolute atomic E-state index is 0.845. The third kappa shape index (κ3) is 1.83. The average Bonchev–Trinajstić information content (AvgIpc) is 2.86. The predicted molar refractivity (Wildman–Crippen MR) is 77.7 cm³/mol. The van der Waals surface area contributed by atoms with Gasteiger partial charge in [-0.2, -0.15) is 0 Å². The van der Waals surface area contributed by atoms with Crippen LogP contribution in [0.2, 0.25) is 0 Å². The SMILES string of the molecule is c1ccc2c(c1)Cc1cc(N3CCOCC3)ccc1-2. The van der Waals surface area contributed by atoms with E-state index < -0.39 is 0 Å². The molecule has 1 aliphatic carbocycles. The summed E-state index contributed by atoms with van der Waals surface area (Å²) in [5.74, 6) is 0. The van der Waals surface area contributed by atoms with E-state index in [4.69, 9.17) is 4.74 Å². The van der Waals surface area contributed by atoms with Gasteiger partial charge in [0.2, 0.25) is 0 Å². The third-order valence-corrected chi connectivity index (χ3v) is 4.15. The van der Waals surface area contributed by atoms with Crippen molar-refractivity contribution in [3.8, 4) is 11.1 Å². The molecule has 0 atom stereocenters. The van der Waals surface area contributed by atoms with E-state index in [1.165, 1.54) is 27.9 Å². The maximum absolute atomic E-state index is 5.42. The number of morpholine rings is 1. The number of ether oxygens (including phenoxy) is 1. The van der Waals surface area contributed by atoms with E-state index in [9.17, 15) is 0 Å². The van der Waals surface area contributed by atoms with Crippen LogP contribution in [0, 0.1) is 0 Å². The Morgan fingerprint density at radius 2 is 1.63 bits per heavy atom. The first-order valence-electron chi connectivity index (χ1n) is 6.96. The molecule has 2 aromatic carbocycles. The summed E-state index contributed by atoms with van der Waals surface area (Å²) in [7, 11) is 0. The Balaban J connectivity index is 1.71. The fourth-order valence-corrected chi connectivity index (χ4v) is 3.15. The maximum atomic E-state index is 5.42. The molecular weight excluding hydrogens is 234 g/mol. The molecule has 4 rings (SSSR count). The Morgan fingerprint density at radius 1 is 0.842 bits per heavy atom. The van der Waals surface area contributed by atoms with Crippen LogP contribution in [0.3, 0.4) is 0 Å². The highest BCUT2D eigenvalue weighted by Crippen LogP contribution is 2.38. The molecule has 2 aliphatic rings. The summed E-state index contributed by atoms with van der Waals surface area (Å²) in [6, 6.07) is 15.6. The molecule has 0 amide bonds. The van der Waals surface area contributed by atoms with Crippen molar-refractivity contribution >= 4 is 5.69 Å². The Bertz CT molecular complexity index is 614. The fourth-order valence-electron chi connectivity index (χ4n) is 3.15. The van der Waals surface area contributed by atoms with Gasteiger partial charge in [0.05, 0.1) is 13.2 Å². The van der Waals surface area contributed by atoms with Gasteiger partial charge in [0.1, 0.15) is 0 Å². The molecule has 0 unspecified atom stereocenters. The van der Waals surface area contributed by atoms with E-state index >= 15 is 0 Å². The van der Waals surface area contributed by atoms with E-state index in [-0.39, 0.29) is 0 Å². The van der Waals surface area contributed by atoms with Crippen LogP contribution in [0.5, 0.6) is 0 Å². The molecule has 2 nitrogen and oxygen atoms in total. The van der Waals surface area contributed by atoms with Crippen molar-refractivity contribution in [1.29, 1.82) is 0 Å². The van der Waals surface area contributed by atoms with Crippen molar-refractivity contribution in [2.24, 2.45) is 0 Å². The molecule has 1 fully saturated rings. The second kappa shape index (κ2) is 4.39. The van der Waals surface area contributed by atoms with E-state index in [0.717, 1.165) is 32.7 Å². The van der Waals surface area contributed by atoms with Crippen molar-refractivity contribution in [2.75, 3.05) is 31.2 Å². The summed E-state index contributed by atoms with van der Waals surface area (Å²) >= 11 is 0. The molecule has 1 heterocycles. The van der Waals surface area contributed by atoms with Crippen molar-refractivity contribution in [3.05, 3.63) is 53.6 Å². The smallest absolute Gasteiger partial charge is 0.0642 e. The normalized spacial score (nSPS) is 17.2. The van der Waals surface area contributed by atoms with Crippen molar-refractivity contribution < 1.29 is 4.74 Å². The molecule has 2 heteroatoms. The number of nitrogens with zero attached hydrogens (tertiary/aromatic N) is 1. The largest absolute Gasteiger partial charge is 0.378 e. The first-order valence-corrected chi connectivity index (χ1v) is 6.96. The van der Waals surface area contributed by atoms with Gasteiger partial charge in [-0.15, -0.1) is 0 Å². The predicted octanol–water partition coefficient (Wildman–Crippen LogP) is 3.09. The van der Waals surface area contributed by atoms with Crippen LogP contribution in [0.1, 0.15) is 11.1 Å². The van der Waals surface area contributed by atoms with Gasteiger partial charge in [0, 0.05) is 18.8 Å². The highest BCUT2D eigenvalue weighted by atomic mass is 16.5. The minimum Gasteiger partial charge on any atom is -0.378 e. The summed E-state index contributed by atoms with van der Waals surface area (Å²) in [4.78, 5) is 2.42. The number of rotatable bonds is 1. The molecule has 0 bridgehead atoms. The number of hydrogen-bond donors (Lipinski definition) is 0.